The van der Waals surface area contributed by atoms with E-state index in [2.05, 4.69) is 4.90 Å². The molecule has 0 aromatic heterocycles. The summed E-state index contributed by atoms with van der Waals surface area (Å²) in [6.45, 7) is 2.36. The van der Waals surface area contributed by atoms with Crippen LogP contribution in [0.25, 0.3) is 0 Å². The Morgan fingerprint density at radius 1 is 0.800 bits per heavy atom. The van der Waals surface area contributed by atoms with Crippen molar-refractivity contribution in [3.05, 3.63) is 95.6 Å². The number of nitrogens with zero attached hydrogens (tertiary/aromatic N) is 3. The molecule has 3 aromatic carbocycles. The summed E-state index contributed by atoms with van der Waals surface area (Å²) in [5.74, 6) is -0.210. The van der Waals surface area contributed by atoms with Crippen molar-refractivity contribution in [3.63, 3.8) is 0 Å². The minimum atomic E-state index is -0.891. The third-order valence-electron chi connectivity index (χ3n) is 6.72. The van der Waals surface area contributed by atoms with Crippen LogP contribution in [0.1, 0.15) is 26.3 Å². The van der Waals surface area contributed by atoms with Crippen LogP contribution in [-0.2, 0) is 11.2 Å². The number of methoxy groups -OCH3 is 1. The Morgan fingerprint density at radius 3 is 1.94 bits per heavy atom. The standard InChI is InChI=1S/C28H27N3O4/c1-35-22-13-11-21(12-14-22)29-15-17-30(18-16-29)28(34)25(19-20-7-3-2-4-8-20)31-26(32)23-9-5-6-10-24(23)27(31)33/h2-14,25H,15-19H2,1H3/t25-/m0/s1. The molecule has 3 amide bonds. The number of benzene rings is 3. The van der Waals surface area contributed by atoms with E-state index in [9.17, 15) is 14.4 Å². The van der Waals surface area contributed by atoms with Crippen LogP contribution in [0.15, 0.2) is 78.9 Å². The second-order valence-corrected chi connectivity index (χ2v) is 8.74. The Hall–Kier alpha value is -4.13. The number of rotatable bonds is 6. The van der Waals surface area contributed by atoms with E-state index in [1.807, 2.05) is 54.6 Å². The van der Waals surface area contributed by atoms with Crippen LogP contribution in [0.4, 0.5) is 5.69 Å². The number of carbonyl (C=O) groups is 3. The molecule has 0 spiro atoms. The van der Waals surface area contributed by atoms with Gasteiger partial charge in [-0.15, -0.1) is 0 Å². The van der Waals surface area contributed by atoms with Crippen LogP contribution >= 0.6 is 0 Å². The van der Waals surface area contributed by atoms with E-state index in [0.717, 1.165) is 21.9 Å². The number of piperazine rings is 1. The lowest BCUT2D eigenvalue weighted by Crippen LogP contribution is -2.56. The maximum absolute atomic E-state index is 13.8. The smallest absolute Gasteiger partial charge is 0.262 e. The van der Waals surface area contributed by atoms with E-state index in [-0.39, 0.29) is 12.3 Å². The third-order valence-corrected chi connectivity index (χ3v) is 6.72. The first-order valence-corrected chi connectivity index (χ1v) is 11.8. The zero-order valence-corrected chi connectivity index (χ0v) is 19.6. The van der Waals surface area contributed by atoms with Gasteiger partial charge in [-0.05, 0) is 42.0 Å². The Balaban J connectivity index is 1.36. The number of amides is 3. The highest BCUT2D eigenvalue weighted by Crippen LogP contribution is 2.27. The van der Waals surface area contributed by atoms with Gasteiger partial charge in [0.05, 0.1) is 18.2 Å². The van der Waals surface area contributed by atoms with Crippen molar-refractivity contribution >= 4 is 23.4 Å². The van der Waals surface area contributed by atoms with Gasteiger partial charge in [0.2, 0.25) is 5.91 Å². The lowest BCUT2D eigenvalue weighted by atomic mass is 10.0. The molecule has 2 heterocycles. The van der Waals surface area contributed by atoms with Crippen LogP contribution < -0.4 is 9.64 Å². The summed E-state index contributed by atoms with van der Waals surface area (Å²) in [5.41, 5.74) is 2.68. The van der Waals surface area contributed by atoms with Gasteiger partial charge in [-0.2, -0.15) is 0 Å². The van der Waals surface area contributed by atoms with Crippen molar-refractivity contribution in [2.24, 2.45) is 0 Å². The molecule has 0 unspecified atom stereocenters. The van der Waals surface area contributed by atoms with E-state index in [4.69, 9.17) is 4.74 Å². The summed E-state index contributed by atoms with van der Waals surface area (Å²) in [6.07, 6.45) is 0.282. The van der Waals surface area contributed by atoms with Crippen molar-refractivity contribution in [2.45, 2.75) is 12.5 Å². The van der Waals surface area contributed by atoms with E-state index in [1.165, 1.54) is 0 Å². The van der Waals surface area contributed by atoms with Gasteiger partial charge in [0.1, 0.15) is 11.8 Å². The summed E-state index contributed by atoms with van der Waals surface area (Å²) < 4.78 is 5.24. The van der Waals surface area contributed by atoms with E-state index in [1.54, 1.807) is 36.3 Å². The van der Waals surface area contributed by atoms with Gasteiger partial charge in [-0.3, -0.25) is 19.3 Å². The minimum absolute atomic E-state index is 0.197. The summed E-state index contributed by atoms with van der Waals surface area (Å²) in [4.78, 5) is 45.4. The summed E-state index contributed by atoms with van der Waals surface area (Å²) in [6, 6.07) is 23.3. The van der Waals surface area contributed by atoms with Crippen LogP contribution in [0.2, 0.25) is 0 Å². The molecule has 1 fully saturated rings. The van der Waals surface area contributed by atoms with Crippen molar-refractivity contribution < 1.29 is 19.1 Å². The van der Waals surface area contributed by atoms with Crippen molar-refractivity contribution in [1.29, 1.82) is 0 Å². The molecule has 0 N–H and O–H groups in total. The van der Waals surface area contributed by atoms with Gasteiger partial charge in [-0.25, -0.2) is 0 Å². The van der Waals surface area contributed by atoms with Crippen molar-refractivity contribution in [3.8, 4) is 5.75 Å². The molecule has 7 heteroatoms. The lowest BCUT2D eigenvalue weighted by Gasteiger charge is -2.38. The molecule has 0 radical (unpaired) electrons. The summed E-state index contributed by atoms with van der Waals surface area (Å²) in [5, 5.41) is 0. The molecule has 0 saturated carbocycles. The summed E-state index contributed by atoms with van der Waals surface area (Å²) in [7, 11) is 1.64. The quantitative estimate of drug-likeness (QED) is 0.519. The van der Waals surface area contributed by atoms with Crippen LogP contribution in [0.5, 0.6) is 5.75 Å². The first kappa shape index (κ1) is 22.7. The van der Waals surface area contributed by atoms with Crippen LogP contribution in [0.3, 0.4) is 0 Å². The fraction of sp³-hybridized carbons (Fsp3) is 0.250. The molecule has 7 nitrogen and oxygen atoms in total. The second kappa shape index (κ2) is 9.62. The molecule has 3 aromatic rings. The van der Waals surface area contributed by atoms with Gasteiger partial charge in [0.15, 0.2) is 0 Å². The Bertz CT molecular complexity index is 1200. The van der Waals surface area contributed by atoms with Crippen molar-refractivity contribution in [2.75, 3.05) is 38.2 Å². The highest BCUT2D eigenvalue weighted by molar-refractivity contribution is 6.22. The average molecular weight is 470 g/mol. The van der Waals surface area contributed by atoms with E-state index in [0.29, 0.717) is 37.3 Å². The highest BCUT2D eigenvalue weighted by Gasteiger charge is 2.44. The predicted molar refractivity (Wildman–Crippen MR) is 133 cm³/mol. The molecular weight excluding hydrogens is 442 g/mol. The van der Waals surface area contributed by atoms with Gasteiger partial charge in [0.25, 0.3) is 11.8 Å². The monoisotopic (exact) mass is 469 g/mol. The third kappa shape index (κ3) is 4.37. The van der Waals surface area contributed by atoms with Gasteiger partial charge >= 0.3 is 0 Å². The fourth-order valence-corrected chi connectivity index (χ4v) is 4.81. The molecule has 35 heavy (non-hydrogen) atoms. The number of imide groups is 1. The van der Waals surface area contributed by atoms with Gasteiger partial charge in [-0.1, -0.05) is 42.5 Å². The number of fused-ring (bicyclic) bond motifs is 1. The highest BCUT2D eigenvalue weighted by atomic mass is 16.5. The summed E-state index contributed by atoms with van der Waals surface area (Å²) >= 11 is 0. The second-order valence-electron chi connectivity index (χ2n) is 8.74. The minimum Gasteiger partial charge on any atom is -0.497 e. The van der Waals surface area contributed by atoms with Crippen LogP contribution in [0, 0.1) is 0 Å². The maximum Gasteiger partial charge on any atom is 0.262 e. The van der Waals surface area contributed by atoms with Gasteiger partial charge in [0, 0.05) is 38.3 Å². The number of anilines is 1. The first-order valence-electron chi connectivity index (χ1n) is 11.8. The normalized spacial score (nSPS) is 16.3. The molecule has 1 saturated heterocycles. The zero-order valence-electron chi connectivity index (χ0n) is 19.6. The largest absolute Gasteiger partial charge is 0.497 e. The average Bonchev–Trinajstić information content (AvgIpc) is 3.17. The molecule has 2 aliphatic rings. The predicted octanol–water partition coefficient (Wildman–Crippen LogP) is 3.25. The number of carbonyl (C=O) groups excluding carboxylic acids is 3. The first-order chi connectivity index (χ1) is 17.1. The lowest BCUT2D eigenvalue weighted by molar-refractivity contribution is -0.135. The Kier molecular flexibility index (Phi) is 6.23. The molecular formula is C28H27N3O4. The molecule has 0 bridgehead atoms. The number of hydrogen-bond donors (Lipinski definition) is 0. The Morgan fingerprint density at radius 2 is 1.37 bits per heavy atom. The molecule has 1 atom stereocenters. The SMILES string of the molecule is COc1ccc(N2CCN(C(=O)[C@H](Cc3ccccc3)N3C(=O)c4ccccc4C3=O)CC2)cc1. The fourth-order valence-electron chi connectivity index (χ4n) is 4.81. The van der Waals surface area contributed by atoms with Crippen molar-refractivity contribution in [1.82, 2.24) is 9.80 Å². The Labute approximate surface area is 204 Å². The van der Waals surface area contributed by atoms with Crippen LogP contribution in [-0.4, -0.2) is 66.9 Å². The molecule has 178 valence electrons. The maximum atomic E-state index is 13.8. The number of ether oxygens (including phenoxy) is 1. The number of hydrogen-bond acceptors (Lipinski definition) is 5. The van der Waals surface area contributed by atoms with E-state index >= 15 is 0 Å². The van der Waals surface area contributed by atoms with E-state index < -0.39 is 17.9 Å². The van der Waals surface area contributed by atoms with Gasteiger partial charge < -0.3 is 14.5 Å². The molecule has 0 aliphatic carbocycles. The topological polar surface area (TPSA) is 70.2 Å². The molecule has 2 aliphatic heterocycles. The molecule has 5 rings (SSSR count). The zero-order chi connectivity index (χ0) is 24.4.